The summed E-state index contributed by atoms with van der Waals surface area (Å²) in [6.45, 7) is 3.89. The Hall–Kier alpha value is -1.06. The summed E-state index contributed by atoms with van der Waals surface area (Å²) in [4.78, 5) is 26.7. The minimum absolute atomic E-state index is 0.0494. The maximum absolute atomic E-state index is 12.6. The van der Waals surface area contributed by atoms with E-state index in [1.807, 2.05) is 18.7 Å². The summed E-state index contributed by atoms with van der Waals surface area (Å²) in [6, 6.07) is 0.0957. The van der Waals surface area contributed by atoms with Crippen molar-refractivity contribution in [2.45, 2.75) is 63.6 Å². The lowest BCUT2D eigenvalue weighted by Gasteiger charge is -2.44. The topological polar surface area (TPSA) is 49.4 Å². The van der Waals surface area contributed by atoms with Crippen LogP contribution in [0.15, 0.2) is 0 Å². The monoisotopic (exact) mass is 236 g/mol. The van der Waals surface area contributed by atoms with Gasteiger partial charge in [0.1, 0.15) is 11.6 Å². The summed E-state index contributed by atoms with van der Waals surface area (Å²) >= 11 is 0. The van der Waals surface area contributed by atoms with E-state index < -0.39 is 5.54 Å². The minimum Gasteiger partial charge on any atom is -0.340 e. The molecule has 2 amide bonds. The first-order chi connectivity index (χ1) is 8.08. The van der Waals surface area contributed by atoms with Gasteiger partial charge in [-0.05, 0) is 44.9 Å². The molecule has 0 aromatic heterocycles. The fraction of sp³-hybridized carbons (Fsp3) is 0.846. The van der Waals surface area contributed by atoms with Crippen LogP contribution in [0.1, 0.15) is 46.0 Å². The third-order valence-electron chi connectivity index (χ3n) is 4.42. The Morgan fingerprint density at radius 3 is 2.41 bits per heavy atom. The van der Waals surface area contributed by atoms with Gasteiger partial charge in [0.15, 0.2) is 0 Å². The summed E-state index contributed by atoms with van der Waals surface area (Å²) in [5, 5.41) is 2.99. The average molecular weight is 236 g/mol. The number of amides is 2. The molecule has 2 saturated carbocycles. The van der Waals surface area contributed by atoms with Gasteiger partial charge in [0.2, 0.25) is 11.8 Å². The molecule has 4 heteroatoms. The van der Waals surface area contributed by atoms with Gasteiger partial charge in [-0.2, -0.15) is 0 Å². The summed E-state index contributed by atoms with van der Waals surface area (Å²) in [5.41, 5.74) is -0.620. The molecule has 3 fully saturated rings. The maximum atomic E-state index is 12.6. The number of hydrogen-bond acceptors (Lipinski definition) is 2. The van der Waals surface area contributed by atoms with Crippen LogP contribution in [-0.2, 0) is 9.59 Å². The van der Waals surface area contributed by atoms with E-state index in [2.05, 4.69) is 5.32 Å². The standard InChI is InChI=1S/C13H20N2O2/c1-3-10-11(16)14-13(2,8-4-5-8)12(17)15(10)9-6-7-9/h8-10H,3-7H2,1-2H3,(H,14,16). The first-order valence-electron chi connectivity index (χ1n) is 6.72. The number of nitrogens with one attached hydrogen (secondary N) is 1. The van der Waals surface area contributed by atoms with Crippen molar-refractivity contribution in [3.8, 4) is 0 Å². The van der Waals surface area contributed by atoms with Gasteiger partial charge in [-0.15, -0.1) is 0 Å². The molecule has 1 heterocycles. The first-order valence-corrected chi connectivity index (χ1v) is 6.72. The summed E-state index contributed by atoms with van der Waals surface area (Å²) in [7, 11) is 0. The fourth-order valence-corrected chi connectivity index (χ4v) is 3.02. The van der Waals surface area contributed by atoms with Crippen LogP contribution in [0.2, 0.25) is 0 Å². The van der Waals surface area contributed by atoms with E-state index >= 15 is 0 Å². The van der Waals surface area contributed by atoms with Crippen molar-refractivity contribution >= 4 is 11.8 Å². The summed E-state index contributed by atoms with van der Waals surface area (Å²) < 4.78 is 0. The first kappa shape index (κ1) is 11.1. The molecule has 4 nitrogen and oxygen atoms in total. The lowest BCUT2D eigenvalue weighted by molar-refractivity contribution is -0.156. The summed E-state index contributed by atoms with van der Waals surface area (Å²) in [6.07, 6.45) is 4.98. The molecule has 2 atom stereocenters. The maximum Gasteiger partial charge on any atom is 0.249 e. The molecule has 2 aliphatic carbocycles. The quantitative estimate of drug-likeness (QED) is 0.796. The van der Waals surface area contributed by atoms with Crippen LogP contribution >= 0.6 is 0 Å². The summed E-state index contributed by atoms with van der Waals surface area (Å²) in [5.74, 6) is 0.570. The van der Waals surface area contributed by atoms with Crippen LogP contribution < -0.4 is 5.32 Å². The Morgan fingerprint density at radius 1 is 1.29 bits per heavy atom. The van der Waals surface area contributed by atoms with E-state index in [9.17, 15) is 9.59 Å². The van der Waals surface area contributed by atoms with Crippen molar-refractivity contribution < 1.29 is 9.59 Å². The molecule has 0 radical (unpaired) electrons. The SMILES string of the molecule is CCC1C(=O)NC(C)(C2CC2)C(=O)N1C1CC1. The Balaban J connectivity index is 1.91. The molecule has 0 spiro atoms. The van der Waals surface area contributed by atoms with E-state index in [-0.39, 0.29) is 17.9 Å². The molecule has 94 valence electrons. The van der Waals surface area contributed by atoms with Gasteiger partial charge in [0, 0.05) is 6.04 Å². The van der Waals surface area contributed by atoms with Gasteiger partial charge >= 0.3 is 0 Å². The Labute approximate surface area is 102 Å². The van der Waals surface area contributed by atoms with Gasteiger partial charge in [-0.1, -0.05) is 6.92 Å². The predicted octanol–water partition coefficient (Wildman–Crippen LogP) is 1.05. The lowest BCUT2D eigenvalue weighted by Crippen LogP contribution is -2.70. The molecule has 1 N–H and O–H groups in total. The van der Waals surface area contributed by atoms with Gasteiger partial charge in [0.25, 0.3) is 0 Å². The number of carbonyl (C=O) groups excluding carboxylic acids is 2. The minimum atomic E-state index is -0.620. The highest BCUT2D eigenvalue weighted by molar-refractivity contribution is 6.00. The van der Waals surface area contributed by atoms with Gasteiger partial charge in [-0.3, -0.25) is 9.59 Å². The molecule has 3 rings (SSSR count). The molecule has 1 saturated heterocycles. The highest BCUT2D eigenvalue weighted by Gasteiger charge is 2.57. The Bertz CT molecular complexity index is 374. The van der Waals surface area contributed by atoms with Crippen molar-refractivity contribution in [1.29, 1.82) is 0 Å². The largest absolute Gasteiger partial charge is 0.340 e. The molecule has 0 bridgehead atoms. The van der Waals surface area contributed by atoms with E-state index in [4.69, 9.17) is 0 Å². The van der Waals surface area contributed by atoms with Crippen LogP contribution in [0.5, 0.6) is 0 Å². The number of carbonyl (C=O) groups is 2. The second-order valence-corrected chi connectivity index (χ2v) is 5.83. The normalized spacial score (nSPS) is 38.2. The van der Waals surface area contributed by atoms with Crippen LogP contribution in [0.25, 0.3) is 0 Å². The van der Waals surface area contributed by atoms with Crippen molar-refractivity contribution in [2.24, 2.45) is 5.92 Å². The second kappa shape index (κ2) is 3.47. The van der Waals surface area contributed by atoms with E-state index in [1.165, 1.54) is 0 Å². The van der Waals surface area contributed by atoms with Crippen LogP contribution in [0.4, 0.5) is 0 Å². The Morgan fingerprint density at radius 2 is 1.94 bits per heavy atom. The molecule has 3 aliphatic rings. The lowest BCUT2D eigenvalue weighted by atomic mass is 9.88. The molecule has 0 aromatic rings. The molecule has 17 heavy (non-hydrogen) atoms. The highest BCUT2D eigenvalue weighted by atomic mass is 16.2. The van der Waals surface area contributed by atoms with Crippen molar-refractivity contribution in [3.63, 3.8) is 0 Å². The van der Waals surface area contributed by atoms with E-state index in [0.29, 0.717) is 12.0 Å². The molecular weight excluding hydrogens is 216 g/mol. The molecular formula is C13H20N2O2. The fourth-order valence-electron chi connectivity index (χ4n) is 3.02. The number of nitrogens with zero attached hydrogens (tertiary/aromatic N) is 1. The Kier molecular flexibility index (Phi) is 2.25. The van der Waals surface area contributed by atoms with Crippen LogP contribution in [-0.4, -0.2) is 34.3 Å². The van der Waals surface area contributed by atoms with Gasteiger partial charge in [0.05, 0.1) is 0 Å². The van der Waals surface area contributed by atoms with Crippen molar-refractivity contribution in [1.82, 2.24) is 10.2 Å². The smallest absolute Gasteiger partial charge is 0.249 e. The number of rotatable bonds is 3. The third kappa shape index (κ3) is 1.57. The average Bonchev–Trinajstić information content (AvgIpc) is 3.16. The molecule has 1 aliphatic heterocycles. The zero-order valence-electron chi connectivity index (χ0n) is 10.5. The van der Waals surface area contributed by atoms with Crippen LogP contribution in [0, 0.1) is 5.92 Å². The second-order valence-electron chi connectivity index (χ2n) is 5.83. The zero-order chi connectivity index (χ0) is 12.2. The predicted molar refractivity (Wildman–Crippen MR) is 63.2 cm³/mol. The zero-order valence-corrected chi connectivity index (χ0v) is 10.5. The number of piperazine rings is 1. The van der Waals surface area contributed by atoms with Gasteiger partial charge in [-0.25, -0.2) is 0 Å². The van der Waals surface area contributed by atoms with E-state index in [1.54, 1.807) is 0 Å². The van der Waals surface area contributed by atoms with Crippen LogP contribution in [0.3, 0.4) is 0 Å². The number of hydrogen-bond donors (Lipinski definition) is 1. The van der Waals surface area contributed by atoms with Gasteiger partial charge < -0.3 is 10.2 Å². The van der Waals surface area contributed by atoms with E-state index in [0.717, 1.165) is 32.1 Å². The third-order valence-corrected chi connectivity index (χ3v) is 4.42. The van der Waals surface area contributed by atoms with Crippen molar-refractivity contribution in [3.05, 3.63) is 0 Å². The molecule has 0 aromatic carbocycles. The van der Waals surface area contributed by atoms with Crippen molar-refractivity contribution in [2.75, 3.05) is 0 Å². The highest BCUT2D eigenvalue weighted by Crippen LogP contribution is 2.44. The molecule has 2 unspecified atom stereocenters.